The van der Waals surface area contributed by atoms with Gasteiger partial charge in [-0.05, 0) is 25.7 Å². The van der Waals surface area contributed by atoms with Crippen LogP contribution in [0.2, 0.25) is 0 Å². The summed E-state index contributed by atoms with van der Waals surface area (Å²) in [4.78, 5) is 20.8. The molecule has 0 saturated heterocycles. The van der Waals surface area contributed by atoms with Crippen LogP contribution in [0, 0.1) is 11.8 Å². The topological polar surface area (TPSA) is 34.1 Å². The van der Waals surface area contributed by atoms with Crippen LogP contribution in [-0.2, 0) is 9.59 Å². The molecule has 0 N–H and O–H groups in total. The number of rotatable bonds is 6. The number of carbonyl (C=O) groups excluding carboxylic acids is 2. The minimum atomic E-state index is 0.287. The quantitative estimate of drug-likeness (QED) is 0.688. The van der Waals surface area contributed by atoms with Crippen molar-refractivity contribution < 1.29 is 9.59 Å². The first-order chi connectivity index (χ1) is 7.29. The van der Waals surface area contributed by atoms with Crippen LogP contribution in [0.1, 0.15) is 67.2 Å². The number of hydrogen-bond donors (Lipinski definition) is 0. The van der Waals surface area contributed by atoms with E-state index >= 15 is 0 Å². The van der Waals surface area contributed by atoms with Crippen LogP contribution < -0.4 is 0 Å². The predicted octanol–water partition coefficient (Wildman–Crippen LogP) is 4.02. The second-order valence-corrected chi connectivity index (χ2v) is 5.10. The minimum absolute atomic E-state index is 0.287. The highest BCUT2D eigenvalue weighted by atomic mass is 16.1. The molecule has 0 radical (unpaired) electrons. The summed E-state index contributed by atoms with van der Waals surface area (Å²) in [6.07, 6.45) is 3.85. The summed E-state index contributed by atoms with van der Waals surface area (Å²) in [6, 6.07) is 0. The summed E-state index contributed by atoms with van der Waals surface area (Å²) in [5.41, 5.74) is 0. The molecule has 2 nitrogen and oxygen atoms in total. The Balaban J connectivity index is 0. The largest absolute Gasteiger partial charge is 0.300 e. The van der Waals surface area contributed by atoms with Gasteiger partial charge >= 0.3 is 0 Å². The van der Waals surface area contributed by atoms with Crippen LogP contribution in [0.25, 0.3) is 0 Å². The van der Waals surface area contributed by atoms with Crippen molar-refractivity contribution >= 4 is 11.6 Å². The maximum absolute atomic E-state index is 10.5. The van der Waals surface area contributed by atoms with Gasteiger partial charge in [-0.1, -0.05) is 40.5 Å². The molecule has 0 bridgehead atoms. The molecule has 0 spiro atoms. The van der Waals surface area contributed by atoms with Gasteiger partial charge in [0.1, 0.15) is 11.6 Å². The Hall–Kier alpha value is -0.660. The third-order valence-electron chi connectivity index (χ3n) is 2.11. The maximum atomic E-state index is 10.5. The molecule has 0 aliphatic rings. The van der Waals surface area contributed by atoms with Crippen molar-refractivity contribution in [1.82, 2.24) is 0 Å². The molecule has 0 rings (SSSR count). The van der Waals surface area contributed by atoms with E-state index in [0.29, 0.717) is 17.6 Å². The second kappa shape index (κ2) is 10.8. The summed E-state index contributed by atoms with van der Waals surface area (Å²) >= 11 is 0. The van der Waals surface area contributed by atoms with Crippen LogP contribution in [0.4, 0.5) is 0 Å². The van der Waals surface area contributed by atoms with Crippen LogP contribution >= 0.6 is 0 Å². The monoisotopic (exact) mass is 228 g/mol. The molecule has 0 aromatic rings. The zero-order chi connectivity index (χ0) is 13.1. The standard InChI is InChI=1S/C8H16O.C6H12O/c1-4-5-7(2)6-8(3)9;1-5(2)4-6(3)7/h7H,4-6H2,1-3H3;5H,4H2,1-3H3. The van der Waals surface area contributed by atoms with Gasteiger partial charge in [0.2, 0.25) is 0 Å². The van der Waals surface area contributed by atoms with Gasteiger partial charge in [0.05, 0.1) is 0 Å². The van der Waals surface area contributed by atoms with Gasteiger partial charge in [-0.25, -0.2) is 0 Å². The Morgan fingerprint density at radius 3 is 1.56 bits per heavy atom. The van der Waals surface area contributed by atoms with Crippen molar-refractivity contribution in [2.24, 2.45) is 11.8 Å². The molecule has 1 atom stereocenters. The van der Waals surface area contributed by atoms with Crippen molar-refractivity contribution in [2.45, 2.75) is 67.2 Å². The van der Waals surface area contributed by atoms with Gasteiger partial charge < -0.3 is 9.59 Å². The molecule has 0 aliphatic carbocycles. The predicted molar refractivity (Wildman–Crippen MR) is 69.5 cm³/mol. The zero-order valence-corrected chi connectivity index (χ0v) is 11.8. The SMILES string of the molecule is CC(=O)CC(C)C.CCCC(C)CC(C)=O. The Morgan fingerprint density at radius 1 is 0.938 bits per heavy atom. The van der Waals surface area contributed by atoms with Crippen molar-refractivity contribution in [3.8, 4) is 0 Å². The summed E-state index contributed by atoms with van der Waals surface area (Å²) in [7, 11) is 0. The maximum Gasteiger partial charge on any atom is 0.130 e. The van der Waals surface area contributed by atoms with Crippen LogP contribution in [0.3, 0.4) is 0 Å². The van der Waals surface area contributed by atoms with E-state index in [4.69, 9.17) is 0 Å². The number of carbonyl (C=O) groups is 2. The third-order valence-corrected chi connectivity index (χ3v) is 2.11. The lowest BCUT2D eigenvalue weighted by molar-refractivity contribution is -0.118. The summed E-state index contributed by atoms with van der Waals surface area (Å²) < 4.78 is 0. The van der Waals surface area contributed by atoms with Gasteiger partial charge in [0.15, 0.2) is 0 Å². The van der Waals surface area contributed by atoms with Gasteiger partial charge in [0, 0.05) is 12.8 Å². The molecule has 2 heteroatoms. The average molecular weight is 228 g/mol. The highest BCUT2D eigenvalue weighted by Gasteiger charge is 2.02. The van der Waals surface area contributed by atoms with E-state index in [1.54, 1.807) is 13.8 Å². The molecule has 96 valence electrons. The first kappa shape index (κ1) is 17.7. The second-order valence-electron chi connectivity index (χ2n) is 5.10. The molecule has 0 heterocycles. The van der Waals surface area contributed by atoms with E-state index in [1.165, 1.54) is 12.8 Å². The average Bonchev–Trinajstić information content (AvgIpc) is 2.00. The summed E-state index contributed by atoms with van der Waals surface area (Å²) in [5, 5.41) is 0. The molecule has 16 heavy (non-hydrogen) atoms. The zero-order valence-electron chi connectivity index (χ0n) is 11.8. The van der Waals surface area contributed by atoms with E-state index in [-0.39, 0.29) is 5.78 Å². The lowest BCUT2D eigenvalue weighted by Crippen LogP contribution is -2.00. The van der Waals surface area contributed by atoms with Gasteiger partial charge in [-0.3, -0.25) is 0 Å². The molecule has 0 saturated carbocycles. The molecule has 0 aromatic carbocycles. The Bertz CT molecular complexity index is 195. The van der Waals surface area contributed by atoms with E-state index in [9.17, 15) is 9.59 Å². The third kappa shape index (κ3) is 19.0. The molecular formula is C14H28O2. The Labute approximate surface area is 101 Å². The molecule has 0 amide bonds. The molecule has 0 aliphatic heterocycles. The normalized spacial score (nSPS) is 11.7. The number of ketones is 2. The van der Waals surface area contributed by atoms with Gasteiger partial charge in [-0.15, -0.1) is 0 Å². The van der Waals surface area contributed by atoms with Crippen LogP contribution in [0.5, 0.6) is 0 Å². The first-order valence-electron chi connectivity index (χ1n) is 6.28. The fraction of sp³-hybridized carbons (Fsp3) is 0.857. The van der Waals surface area contributed by atoms with E-state index in [2.05, 4.69) is 13.8 Å². The Morgan fingerprint density at radius 2 is 1.38 bits per heavy atom. The van der Waals surface area contributed by atoms with Crippen molar-refractivity contribution in [2.75, 3.05) is 0 Å². The van der Waals surface area contributed by atoms with Crippen molar-refractivity contribution in [3.63, 3.8) is 0 Å². The highest BCUT2D eigenvalue weighted by molar-refractivity contribution is 5.75. The summed E-state index contributed by atoms with van der Waals surface area (Å²) in [6.45, 7) is 11.6. The van der Waals surface area contributed by atoms with E-state index in [0.717, 1.165) is 12.8 Å². The number of Topliss-reactive ketones (excluding diaryl/α,β-unsaturated/α-hetero) is 2. The van der Waals surface area contributed by atoms with Crippen LogP contribution in [-0.4, -0.2) is 11.6 Å². The van der Waals surface area contributed by atoms with Crippen molar-refractivity contribution in [1.29, 1.82) is 0 Å². The first-order valence-corrected chi connectivity index (χ1v) is 6.28. The lowest BCUT2D eigenvalue weighted by atomic mass is 10.0. The van der Waals surface area contributed by atoms with Crippen molar-refractivity contribution in [3.05, 3.63) is 0 Å². The minimum Gasteiger partial charge on any atom is -0.300 e. The highest BCUT2D eigenvalue weighted by Crippen LogP contribution is 2.09. The number of hydrogen-bond acceptors (Lipinski definition) is 2. The lowest BCUT2D eigenvalue weighted by Gasteiger charge is -2.04. The summed E-state index contributed by atoms with van der Waals surface area (Å²) in [5.74, 6) is 1.72. The molecular weight excluding hydrogens is 200 g/mol. The Kier molecular flexibility index (Phi) is 12.0. The molecule has 0 fully saturated rings. The molecule has 0 aromatic heterocycles. The fourth-order valence-corrected chi connectivity index (χ4v) is 1.66. The molecule has 1 unspecified atom stereocenters. The van der Waals surface area contributed by atoms with E-state index < -0.39 is 0 Å². The van der Waals surface area contributed by atoms with Gasteiger partial charge in [-0.2, -0.15) is 0 Å². The fourth-order valence-electron chi connectivity index (χ4n) is 1.66. The van der Waals surface area contributed by atoms with Crippen LogP contribution in [0.15, 0.2) is 0 Å². The van der Waals surface area contributed by atoms with E-state index in [1.807, 2.05) is 13.8 Å². The smallest absolute Gasteiger partial charge is 0.130 e. The van der Waals surface area contributed by atoms with Gasteiger partial charge in [0.25, 0.3) is 0 Å².